The summed E-state index contributed by atoms with van der Waals surface area (Å²) in [4.78, 5) is 6.85. The van der Waals surface area contributed by atoms with Crippen molar-refractivity contribution in [3.8, 4) is 0 Å². The minimum absolute atomic E-state index is 0. The van der Waals surface area contributed by atoms with Crippen molar-refractivity contribution >= 4 is 29.9 Å². The fourth-order valence-corrected chi connectivity index (χ4v) is 2.53. The molecule has 1 aliphatic heterocycles. The quantitative estimate of drug-likeness (QED) is 0.277. The zero-order valence-corrected chi connectivity index (χ0v) is 16.2. The fourth-order valence-electron chi connectivity index (χ4n) is 2.53. The van der Waals surface area contributed by atoms with Crippen LogP contribution in [0, 0.1) is 0 Å². The average molecular weight is 412 g/mol. The van der Waals surface area contributed by atoms with Crippen molar-refractivity contribution in [3.05, 3.63) is 0 Å². The predicted molar refractivity (Wildman–Crippen MR) is 101 cm³/mol. The number of halogens is 1. The lowest BCUT2D eigenvalue weighted by Crippen LogP contribution is -2.48. The third-order valence-corrected chi connectivity index (χ3v) is 3.65. The van der Waals surface area contributed by atoms with E-state index in [1.54, 1.807) is 0 Å². The van der Waals surface area contributed by atoms with Gasteiger partial charge in [0.05, 0.1) is 0 Å². The summed E-state index contributed by atoms with van der Waals surface area (Å²) in [5.74, 6) is 0.926. The van der Waals surface area contributed by atoms with Crippen molar-refractivity contribution in [2.75, 3.05) is 46.4 Å². The molecule has 0 bridgehead atoms. The molecular weight excluding hydrogens is 379 g/mol. The summed E-state index contributed by atoms with van der Waals surface area (Å²) in [6, 6.07) is 0.557. The van der Waals surface area contributed by atoms with Crippen LogP contribution in [0.15, 0.2) is 4.99 Å². The fraction of sp³-hybridized carbons (Fsp3) is 0.933. The highest BCUT2D eigenvalue weighted by Gasteiger charge is 2.18. The van der Waals surface area contributed by atoms with Crippen molar-refractivity contribution in [2.45, 2.75) is 45.6 Å². The highest BCUT2D eigenvalue weighted by molar-refractivity contribution is 14.0. The van der Waals surface area contributed by atoms with E-state index in [0.29, 0.717) is 6.04 Å². The largest absolute Gasteiger partial charge is 0.382 e. The molecule has 1 saturated heterocycles. The first-order valence-corrected chi connectivity index (χ1v) is 8.07. The minimum Gasteiger partial charge on any atom is -0.382 e. The number of aliphatic imine (C=N–C) groups is 1. The lowest BCUT2D eigenvalue weighted by Gasteiger charge is -2.32. The number of hydrogen-bond donors (Lipinski definition) is 2. The van der Waals surface area contributed by atoms with Gasteiger partial charge >= 0.3 is 0 Å². The zero-order valence-electron chi connectivity index (χ0n) is 13.9. The molecule has 5 nitrogen and oxygen atoms in total. The molecule has 1 heterocycles. The van der Waals surface area contributed by atoms with Crippen LogP contribution in [0.2, 0.25) is 0 Å². The van der Waals surface area contributed by atoms with Gasteiger partial charge in [-0.15, -0.1) is 24.0 Å². The van der Waals surface area contributed by atoms with E-state index in [0.717, 1.165) is 32.1 Å². The van der Waals surface area contributed by atoms with E-state index in [4.69, 9.17) is 4.74 Å². The zero-order chi connectivity index (χ0) is 14.6. The van der Waals surface area contributed by atoms with Gasteiger partial charge < -0.3 is 20.3 Å². The predicted octanol–water partition coefficient (Wildman–Crippen LogP) is 2.07. The van der Waals surface area contributed by atoms with Crippen LogP contribution >= 0.6 is 24.0 Å². The minimum atomic E-state index is 0. The molecule has 0 aliphatic carbocycles. The topological polar surface area (TPSA) is 48.9 Å². The number of ether oxygens (including phenoxy) is 1. The molecule has 1 fully saturated rings. The van der Waals surface area contributed by atoms with E-state index in [9.17, 15) is 0 Å². The highest BCUT2D eigenvalue weighted by Crippen LogP contribution is 2.10. The first kappa shape index (κ1) is 20.9. The first-order chi connectivity index (χ1) is 9.80. The Morgan fingerprint density at radius 1 is 1.29 bits per heavy atom. The van der Waals surface area contributed by atoms with Gasteiger partial charge in [0.1, 0.15) is 0 Å². The lowest BCUT2D eigenvalue weighted by atomic mass is 10.1. The maximum atomic E-state index is 5.33. The van der Waals surface area contributed by atoms with E-state index in [1.807, 2.05) is 14.0 Å². The van der Waals surface area contributed by atoms with E-state index in [1.165, 1.54) is 38.9 Å². The molecule has 2 N–H and O–H groups in total. The number of likely N-dealkylation sites (tertiary alicyclic amines) is 1. The van der Waals surface area contributed by atoms with Gasteiger partial charge in [-0.1, -0.05) is 6.92 Å². The first-order valence-electron chi connectivity index (χ1n) is 8.07. The Kier molecular flexibility index (Phi) is 13.5. The van der Waals surface area contributed by atoms with Gasteiger partial charge in [-0.05, 0) is 39.2 Å². The molecule has 0 saturated carbocycles. The van der Waals surface area contributed by atoms with Gasteiger partial charge in [-0.2, -0.15) is 0 Å². The summed E-state index contributed by atoms with van der Waals surface area (Å²) in [6.07, 6.45) is 4.68. The van der Waals surface area contributed by atoms with Crippen LogP contribution in [0.25, 0.3) is 0 Å². The van der Waals surface area contributed by atoms with Crippen LogP contribution in [-0.2, 0) is 4.74 Å². The van der Waals surface area contributed by atoms with Crippen molar-refractivity contribution in [2.24, 2.45) is 4.99 Å². The number of piperidine rings is 1. The molecular formula is C15H33IN4O. The Balaban J connectivity index is 0.00000400. The normalized spacial score (nSPS) is 17.4. The standard InChI is InChI=1S/C15H32N4O.HI/c1-4-10-19-11-7-14(8-12-19)18-15(16-3)17-9-6-13-20-5-2;/h14H,4-13H2,1-3H3,(H2,16,17,18);1H. The summed E-state index contributed by atoms with van der Waals surface area (Å²) < 4.78 is 5.33. The molecule has 1 aliphatic rings. The van der Waals surface area contributed by atoms with Crippen LogP contribution in [0.1, 0.15) is 39.5 Å². The lowest BCUT2D eigenvalue weighted by molar-refractivity contribution is 0.145. The summed E-state index contributed by atoms with van der Waals surface area (Å²) in [5.41, 5.74) is 0. The number of hydrogen-bond acceptors (Lipinski definition) is 3. The number of guanidine groups is 1. The molecule has 0 aromatic heterocycles. The molecule has 0 aromatic rings. The van der Waals surface area contributed by atoms with Crippen LogP contribution in [0.4, 0.5) is 0 Å². The van der Waals surface area contributed by atoms with E-state index >= 15 is 0 Å². The van der Waals surface area contributed by atoms with E-state index < -0.39 is 0 Å². The molecule has 0 spiro atoms. The smallest absolute Gasteiger partial charge is 0.191 e. The van der Waals surface area contributed by atoms with Crippen molar-refractivity contribution in [1.29, 1.82) is 0 Å². The average Bonchev–Trinajstić information content (AvgIpc) is 2.48. The third-order valence-electron chi connectivity index (χ3n) is 3.65. The monoisotopic (exact) mass is 412 g/mol. The molecule has 21 heavy (non-hydrogen) atoms. The molecule has 0 aromatic carbocycles. The van der Waals surface area contributed by atoms with Crippen LogP contribution in [0.3, 0.4) is 0 Å². The Morgan fingerprint density at radius 3 is 2.57 bits per heavy atom. The maximum Gasteiger partial charge on any atom is 0.191 e. The Hall–Kier alpha value is -0.0800. The van der Waals surface area contributed by atoms with E-state index in [2.05, 4.69) is 27.4 Å². The second kappa shape index (κ2) is 13.6. The Morgan fingerprint density at radius 2 is 2.00 bits per heavy atom. The summed E-state index contributed by atoms with van der Waals surface area (Å²) in [7, 11) is 1.84. The van der Waals surface area contributed by atoms with Gasteiger partial charge in [-0.25, -0.2) is 0 Å². The van der Waals surface area contributed by atoms with E-state index in [-0.39, 0.29) is 24.0 Å². The highest BCUT2D eigenvalue weighted by atomic mass is 127. The molecule has 0 unspecified atom stereocenters. The van der Waals surface area contributed by atoms with Gasteiger partial charge in [-0.3, -0.25) is 4.99 Å². The molecule has 1 rings (SSSR count). The Bertz CT molecular complexity index is 268. The van der Waals surface area contributed by atoms with Crippen LogP contribution in [-0.4, -0.2) is 63.3 Å². The molecule has 0 radical (unpaired) electrons. The van der Waals surface area contributed by atoms with Gasteiger partial charge in [0.25, 0.3) is 0 Å². The Labute approximate surface area is 147 Å². The molecule has 0 atom stereocenters. The van der Waals surface area contributed by atoms with Crippen molar-refractivity contribution in [1.82, 2.24) is 15.5 Å². The summed E-state index contributed by atoms with van der Waals surface area (Å²) >= 11 is 0. The maximum absolute atomic E-state index is 5.33. The van der Waals surface area contributed by atoms with Crippen molar-refractivity contribution in [3.63, 3.8) is 0 Å². The van der Waals surface area contributed by atoms with Gasteiger partial charge in [0.2, 0.25) is 0 Å². The number of nitrogens with zero attached hydrogens (tertiary/aromatic N) is 2. The number of rotatable bonds is 8. The third kappa shape index (κ3) is 9.52. The van der Waals surface area contributed by atoms with Gasteiger partial charge in [0.15, 0.2) is 5.96 Å². The van der Waals surface area contributed by atoms with Crippen LogP contribution < -0.4 is 10.6 Å². The SMILES string of the molecule is CCCN1CCC(NC(=NC)NCCCOCC)CC1.I. The summed E-state index contributed by atoms with van der Waals surface area (Å²) in [6.45, 7) is 10.4. The molecule has 126 valence electrons. The van der Waals surface area contributed by atoms with Crippen molar-refractivity contribution < 1.29 is 4.74 Å². The second-order valence-corrected chi connectivity index (χ2v) is 5.31. The summed E-state index contributed by atoms with van der Waals surface area (Å²) in [5, 5.41) is 6.89. The number of nitrogens with one attached hydrogen (secondary N) is 2. The molecule has 6 heteroatoms. The van der Waals surface area contributed by atoms with Crippen LogP contribution in [0.5, 0.6) is 0 Å². The molecule has 0 amide bonds. The second-order valence-electron chi connectivity index (χ2n) is 5.31. The van der Waals surface area contributed by atoms with Gasteiger partial charge in [0, 0.05) is 45.9 Å².